The summed E-state index contributed by atoms with van der Waals surface area (Å²) in [6.07, 6.45) is 10.7. The molecule has 0 saturated carbocycles. The molecule has 0 amide bonds. The maximum absolute atomic E-state index is 4.76. The van der Waals surface area contributed by atoms with Crippen LogP contribution in [0.3, 0.4) is 0 Å². The van der Waals surface area contributed by atoms with E-state index in [9.17, 15) is 0 Å². The zero-order valence-corrected chi connectivity index (χ0v) is 22.0. The standard InChI is InChI=1S/C16H15.3C4H9.Sn/c1-2-3-7-14-10-12-16(13-11-14)15-8-5-4-6-9-15;3*1-3-4-2;/h4-6,8-13H,1,3,7H2;3*1,3-4H2,2H3;. The van der Waals surface area contributed by atoms with E-state index in [2.05, 4.69) is 75.4 Å². The molecule has 158 valence electrons. The summed E-state index contributed by atoms with van der Waals surface area (Å²) in [5, 5.41) is 0. The topological polar surface area (TPSA) is 0 Å². The molecule has 0 unspecified atom stereocenters. The molecule has 0 aliphatic carbocycles. The second-order valence-electron chi connectivity index (χ2n) is 8.76. The van der Waals surface area contributed by atoms with E-state index in [0.717, 1.165) is 6.42 Å². The molecule has 0 nitrogen and oxygen atoms in total. The van der Waals surface area contributed by atoms with E-state index < -0.39 is 18.4 Å². The average Bonchev–Trinajstić information content (AvgIpc) is 2.78. The minimum atomic E-state index is -2.26. The summed E-state index contributed by atoms with van der Waals surface area (Å²) in [6, 6.07) is 19.9. The van der Waals surface area contributed by atoms with E-state index in [-0.39, 0.29) is 0 Å². The fraction of sp³-hybridized carbons (Fsp3) is 0.500. The van der Waals surface area contributed by atoms with Crippen LogP contribution >= 0.6 is 0 Å². The first-order chi connectivity index (χ1) is 14.1. The first-order valence-electron chi connectivity index (χ1n) is 12.0. The van der Waals surface area contributed by atoms with Crippen LogP contribution in [0.1, 0.15) is 71.3 Å². The van der Waals surface area contributed by atoms with Crippen molar-refractivity contribution in [2.24, 2.45) is 0 Å². The van der Waals surface area contributed by atoms with Gasteiger partial charge in [-0.3, -0.25) is 0 Å². The van der Waals surface area contributed by atoms with Gasteiger partial charge in [0.05, 0.1) is 0 Å². The van der Waals surface area contributed by atoms with Gasteiger partial charge < -0.3 is 0 Å². The monoisotopic (exact) mass is 498 g/mol. The van der Waals surface area contributed by atoms with Crippen LogP contribution in [0.2, 0.25) is 13.3 Å². The molecule has 0 aliphatic rings. The molecular weight excluding hydrogens is 455 g/mol. The Bertz CT molecular complexity index is 677. The Hall–Kier alpha value is -1.02. The third kappa shape index (κ3) is 7.63. The summed E-state index contributed by atoms with van der Waals surface area (Å²) in [4.78, 5) is 0. The van der Waals surface area contributed by atoms with Crippen LogP contribution in [0.5, 0.6) is 0 Å². The number of aryl methyl sites for hydroxylation is 1. The molecule has 2 rings (SSSR count). The van der Waals surface area contributed by atoms with Gasteiger partial charge in [-0.15, -0.1) is 0 Å². The summed E-state index contributed by atoms with van der Waals surface area (Å²) in [5.41, 5.74) is 4.08. The van der Waals surface area contributed by atoms with Gasteiger partial charge in [0.2, 0.25) is 0 Å². The van der Waals surface area contributed by atoms with Crippen LogP contribution < -0.4 is 0 Å². The Kier molecular flexibility index (Phi) is 11.1. The summed E-state index contributed by atoms with van der Waals surface area (Å²) in [5.74, 6) is 0. The first-order valence-corrected chi connectivity index (χ1v) is 19.5. The van der Waals surface area contributed by atoms with E-state index in [1.807, 2.05) is 0 Å². The molecule has 2 aromatic rings. The fourth-order valence-corrected chi connectivity index (χ4v) is 20.4. The Morgan fingerprint density at radius 1 is 0.690 bits per heavy atom. The van der Waals surface area contributed by atoms with Crippen LogP contribution in [0.4, 0.5) is 0 Å². The predicted molar refractivity (Wildman–Crippen MR) is 134 cm³/mol. The van der Waals surface area contributed by atoms with Gasteiger partial charge in [-0.25, -0.2) is 0 Å². The fourth-order valence-electron chi connectivity index (χ4n) is 4.51. The van der Waals surface area contributed by atoms with Crippen LogP contribution in [0.25, 0.3) is 11.1 Å². The van der Waals surface area contributed by atoms with Gasteiger partial charge >= 0.3 is 185 Å². The molecule has 0 saturated heterocycles. The molecular formula is C28H42Sn. The van der Waals surface area contributed by atoms with Crippen molar-refractivity contribution in [3.05, 3.63) is 70.3 Å². The van der Waals surface area contributed by atoms with Crippen LogP contribution in [0.15, 0.2) is 64.8 Å². The summed E-state index contributed by atoms with van der Waals surface area (Å²) >= 11 is -2.26. The van der Waals surface area contributed by atoms with Gasteiger partial charge in [-0.05, 0) is 0 Å². The molecule has 29 heavy (non-hydrogen) atoms. The molecule has 0 aliphatic heterocycles. The Morgan fingerprint density at radius 2 is 1.17 bits per heavy atom. The molecule has 0 N–H and O–H groups in total. The van der Waals surface area contributed by atoms with E-state index >= 15 is 0 Å². The Balaban J connectivity index is 2.05. The third-order valence-corrected chi connectivity index (χ3v) is 22.8. The molecule has 0 spiro atoms. The predicted octanol–water partition coefficient (Wildman–Crippen LogP) is 9.23. The van der Waals surface area contributed by atoms with E-state index in [4.69, 9.17) is 6.58 Å². The van der Waals surface area contributed by atoms with Gasteiger partial charge in [0, 0.05) is 0 Å². The van der Waals surface area contributed by atoms with Crippen molar-refractivity contribution in [3.8, 4) is 11.1 Å². The van der Waals surface area contributed by atoms with E-state index in [1.54, 1.807) is 3.59 Å². The van der Waals surface area contributed by atoms with Crippen molar-refractivity contribution >= 4 is 18.4 Å². The molecule has 0 heterocycles. The number of hydrogen-bond donors (Lipinski definition) is 0. The van der Waals surface area contributed by atoms with Crippen molar-refractivity contribution in [1.29, 1.82) is 0 Å². The van der Waals surface area contributed by atoms with Gasteiger partial charge in [0.15, 0.2) is 0 Å². The zero-order valence-electron chi connectivity index (χ0n) is 19.2. The van der Waals surface area contributed by atoms with E-state index in [0.29, 0.717) is 0 Å². The van der Waals surface area contributed by atoms with Crippen molar-refractivity contribution in [2.75, 3.05) is 0 Å². The molecule has 0 atom stereocenters. The number of unbranched alkanes of at least 4 members (excludes halogenated alkanes) is 3. The van der Waals surface area contributed by atoms with Crippen molar-refractivity contribution in [3.63, 3.8) is 0 Å². The van der Waals surface area contributed by atoms with Gasteiger partial charge in [-0.2, -0.15) is 0 Å². The second kappa shape index (κ2) is 13.3. The van der Waals surface area contributed by atoms with Crippen molar-refractivity contribution < 1.29 is 0 Å². The zero-order chi connectivity index (χ0) is 21.0. The third-order valence-electron chi connectivity index (χ3n) is 6.55. The second-order valence-corrected chi connectivity index (χ2v) is 22.4. The molecule has 2 aromatic carbocycles. The summed E-state index contributed by atoms with van der Waals surface area (Å²) in [6.45, 7) is 11.8. The number of rotatable bonds is 14. The molecule has 0 radical (unpaired) electrons. The van der Waals surface area contributed by atoms with Crippen LogP contribution in [-0.4, -0.2) is 18.4 Å². The van der Waals surface area contributed by atoms with Crippen molar-refractivity contribution in [2.45, 2.75) is 85.4 Å². The van der Waals surface area contributed by atoms with Crippen LogP contribution in [0, 0.1) is 0 Å². The number of allylic oxidation sites excluding steroid dienone is 1. The Labute approximate surface area is 184 Å². The quantitative estimate of drug-likeness (QED) is 0.228. The maximum atomic E-state index is 4.76. The van der Waals surface area contributed by atoms with Gasteiger partial charge in [0.1, 0.15) is 0 Å². The normalized spacial score (nSPS) is 11.6. The van der Waals surface area contributed by atoms with Crippen LogP contribution in [-0.2, 0) is 6.42 Å². The summed E-state index contributed by atoms with van der Waals surface area (Å²) in [7, 11) is 0. The summed E-state index contributed by atoms with van der Waals surface area (Å²) < 4.78 is 6.34. The van der Waals surface area contributed by atoms with Gasteiger partial charge in [0.25, 0.3) is 0 Å². The Morgan fingerprint density at radius 3 is 1.66 bits per heavy atom. The number of benzene rings is 2. The SMILES string of the molecule is C=[C](CCc1ccc(-c2ccccc2)cc1)[Sn]([CH2]CCC)([CH2]CCC)[CH2]CCC. The molecule has 0 aromatic heterocycles. The van der Waals surface area contributed by atoms with Gasteiger partial charge in [-0.1, -0.05) is 0 Å². The average molecular weight is 497 g/mol. The molecule has 0 bridgehead atoms. The first kappa shape index (κ1) is 24.3. The number of hydrogen-bond acceptors (Lipinski definition) is 0. The molecule has 0 fully saturated rings. The van der Waals surface area contributed by atoms with Crippen molar-refractivity contribution in [1.82, 2.24) is 0 Å². The molecule has 1 heteroatoms. The minimum absolute atomic E-state index is 1.16. The van der Waals surface area contributed by atoms with E-state index in [1.165, 1.54) is 74.9 Å².